The molecule has 0 amide bonds. The lowest BCUT2D eigenvalue weighted by molar-refractivity contribution is 0.0867. The normalized spacial score (nSPS) is 10.2. The third kappa shape index (κ3) is 2.64. The van der Waals surface area contributed by atoms with Gasteiger partial charge in [0, 0.05) is 6.54 Å². The number of hydrogen-bond acceptors (Lipinski definition) is 2. The van der Waals surface area contributed by atoms with Gasteiger partial charge >= 0.3 is 0 Å². The molecule has 0 atom stereocenters. The monoisotopic (exact) mass is 165 g/mol. The molecule has 0 aromatic heterocycles. The van der Waals surface area contributed by atoms with E-state index in [2.05, 4.69) is 36.7 Å². The molecule has 66 valence electrons. The minimum absolute atomic E-state index is 0.764. The minimum Gasteiger partial charge on any atom is -0.305 e. The molecule has 1 N–H and O–H groups in total. The zero-order valence-electron chi connectivity index (χ0n) is 7.63. The van der Waals surface area contributed by atoms with Crippen LogP contribution in [0.1, 0.15) is 18.1 Å². The SMILES string of the molecule is CCc1ccc(CNOC)cc1. The molecular formula is C10H15NO. The van der Waals surface area contributed by atoms with Crippen LogP contribution in [0.25, 0.3) is 0 Å². The van der Waals surface area contributed by atoms with Crippen LogP contribution in [-0.2, 0) is 17.8 Å². The summed E-state index contributed by atoms with van der Waals surface area (Å²) in [5, 5.41) is 0. The lowest BCUT2D eigenvalue weighted by atomic mass is 10.1. The third-order valence-corrected chi connectivity index (χ3v) is 1.85. The van der Waals surface area contributed by atoms with Gasteiger partial charge in [-0.1, -0.05) is 31.2 Å². The van der Waals surface area contributed by atoms with Crippen LogP contribution in [0.15, 0.2) is 24.3 Å². The van der Waals surface area contributed by atoms with E-state index in [1.807, 2.05) is 0 Å². The molecule has 0 saturated carbocycles. The summed E-state index contributed by atoms with van der Waals surface area (Å²) in [6.45, 7) is 2.92. The van der Waals surface area contributed by atoms with Crippen molar-refractivity contribution in [1.82, 2.24) is 5.48 Å². The van der Waals surface area contributed by atoms with Gasteiger partial charge in [0.1, 0.15) is 0 Å². The van der Waals surface area contributed by atoms with Crippen LogP contribution in [0.2, 0.25) is 0 Å². The van der Waals surface area contributed by atoms with Crippen molar-refractivity contribution in [3.63, 3.8) is 0 Å². The minimum atomic E-state index is 0.764. The second-order valence-electron chi connectivity index (χ2n) is 2.70. The molecule has 0 aliphatic carbocycles. The average Bonchev–Trinajstić information content (AvgIpc) is 2.15. The lowest BCUT2D eigenvalue weighted by Crippen LogP contribution is -2.10. The van der Waals surface area contributed by atoms with Crippen molar-refractivity contribution in [3.8, 4) is 0 Å². The van der Waals surface area contributed by atoms with Crippen molar-refractivity contribution >= 4 is 0 Å². The quantitative estimate of drug-likeness (QED) is 0.688. The van der Waals surface area contributed by atoms with E-state index in [0.29, 0.717) is 0 Å². The molecule has 1 rings (SSSR count). The molecular weight excluding hydrogens is 150 g/mol. The molecule has 0 fully saturated rings. The van der Waals surface area contributed by atoms with E-state index < -0.39 is 0 Å². The highest BCUT2D eigenvalue weighted by Crippen LogP contribution is 2.04. The molecule has 0 unspecified atom stereocenters. The van der Waals surface area contributed by atoms with Crippen LogP contribution in [-0.4, -0.2) is 7.11 Å². The average molecular weight is 165 g/mol. The van der Waals surface area contributed by atoms with Crippen molar-refractivity contribution in [2.45, 2.75) is 19.9 Å². The van der Waals surface area contributed by atoms with Gasteiger partial charge in [0.05, 0.1) is 7.11 Å². The Labute approximate surface area is 73.5 Å². The highest BCUT2D eigenvalue weighted by atomic mass is 16.6. The summed E-state index contributed by atoms with van der Waals surface area (Å²) < 4.78 is 0. The molecule has 0 bridgehead atoms. The van der Waals surface area contributed by atoms with Gasteiger partial charge in [0.25, 0.3) is 0 Å². The molecule has 1 aromatic carbocycles. The summed E-state index contributed by atoms with van der Waals surface area (Å²) in [4.78, 5) is 4.75. The molecule has 12 heavy (non-hydrogen) atoms. The van der Waals surface area contributed by atoms with E-state index in [0.717, 1.165) is 13.0 Å². The predicted molar refractivity (Wildman–Crippen MR) is 49.7 cm³/mol. The molecule has 0 radical (unpaired) electrons. The standard InChI is InChI=1S/C10H15NO/c1-3-9-4-6-10(7-5-9)8-11-12-2/h4-7,11H,3,8H2,1-2H3. The van der Waals surface area contributed by atoms with Gasteiger partial charge in [-0.05, 0) is 17.5 Å². The van der Waals surface area contributed by atoms with Crippen LogP contribution in [0, 0.1) is 0 Å². The van der Waals surface area contributed by atoms with E-state index in [9.17, 15) is 0 Å². The molecule has 2 nitrogen and oxygen atoms in total. The summed E-state index contributed by atoms with van der Waals surface area (Å²) >= 11 is 0. The van der Waals surface area contributed by atoms with E-state index >= 15 is 0 Å². The van der Waals surface area contributed by atoms with Gasteiger partial charge < -0.3 is 4.84 Å². The number of hydrogen-bond donors (Lipinski definition) is 1. The first-order valence-corrected chi connectivity index (χ1v) is 4.20. The highest BCUT2D eigenvalue weighted by molar-refractivity contribution is 5.22. The van der Waals surface area contributed by atoms with Gasteiger partial charge in [0.15, 0.2) is 0 Å². The van der Waals surface area contributed by atoms with E-state index in [4.69, 9.17) is 4.84 Å². The van der Waals surface area contributed by atoms with Crippen molar-refractivity contribution in [2.24, 2.45) is 0 Å². The lowest BCUT2D eigenvalue weighted by Gasteiger charge is -2.02. The molecule has 0 spiro atoms. The Hall–Kier alpha value is -0.860. The van der Waals surface area contributed by atoms with Gasteiger partial charge in [-0.3, -0.25) is 0 Å². The smallest absolute Gasteiger partial charge is 0.0572 e. The Morgan fingerprint density at radius 2 is 1.75 bits per heavy atom. The molecule has 0 heterocycles. The molecule has 0 saturated heterocycles. The molecule has 0 aliphatic rings. The topological polar surface area (TPSA) is 21.3 Å². The summed E-state index contributed by atoms with van der Waals surface area (Å²) in [6, 6.07) is 8.52. The maximum absolute atomic E-state index is 4.75. The Morgan fingerprint density at radius 1 is 1.17 bits per heavy atom. The Balaban J connectivity index is 2.53. The first kappa shape index (κ1) is 9.23. The second kappa shape index (κ2) is 4.91. The predicted octanol–water partition coefficient (Wildman–Crippen LogP) is 1.90. The maximum atomic E-state index is 4.75. The number of nitrogens with one attached hydrogen (secondary N) is 1. The summed E-state index contributed by atoms with van der Waals surface area (Å²) in [5.74, 6) is 0. The summed E-state index contributed by atoms with van der Waals surface area (Å²) in [6.07, 6.45) is 1.10. The second-order valence-corrected chi connectivity index (χ2v) is 2.70. The number of rotatable bonds is 4. The first-order chi connectivity index (χ1) is 5.86. The maximum Gasteiger partial charge on any atom is 0.0572 e. The van der Waals surface area contributed by atoms with Gasteiger partial charge in [-0.2, -0.15) is 5.48 Å². The zero-order valence-corrected chi connectivity index (χ0v) is 7.63. The molecule has 0 aliphatic heterocycles. The van der Waals surface area contributed by atoms with Crippen molar-refractivity contribution in [1.29, 1.82) is 0 Å². The Morgan fingerprint density at radius 3 is 2.25 bits per heavy atom. The number of hydroxylamine groups is 1. The van der Waals surface area contributed by atoms with Crippen LogP contribution < -0.4 is 5.48 Å². The number of aryl methyl sites for hydroxylation is 1. The van der Waals surface area contributed by atoms with Gasteiger partial charge in [-0.15, -0.1) is 0 Å². The van der Waals surface area contributed by atoms with Crippen molar-refractivity contribution in [2.75, 3.05) is 7.11 Å². The Bertz CT molecular complexity index is 218. The molecule has 1 aromatic rings. The summed E-state index contributed by atoms with van der Waals surface area (Å²) in [7, 11) is 1.63. The fraction of sp³-hybridized carbons (Fsp3) is 0.400. The van der Waals surface area contributed by atoms with Crippen LogP contribution in [0.4, 0.5) is 0 Å². The van der Waals surface area contributed by atoms with Crippen LogP contribution in [0.3, 0.4) is 0 Å². The van der Waals surface area contributed by atoms with Crippen LogP contribution >= 0.6 is 0 Å². The number of benzene rings is 1. The zero-order chi connectivity index (χ0) is 8.81. The largest absolute Gasteiger partial charge is 0.305 e. The summed E-state index contributed by atoms with van der Waals surface area (Å²) in [5.41, 5.74) is 5.42. The van der Waals surface area contributed by atoms with Gasteiger partial charge in [-0.25, -0.2) is 0 Å². The van der Waals surface area contributed by atoms with Crippen molar-refractivity contribution in [3.05, 3.63) is 35.4 Å². The van der Waals surface area contributed by atoms with Crippen molar-refractivity contribution < 1.29 is 4.84 Å². The van der Waals surface area contributed by atoms with Gasteiger partial charge in [0.2, 0.25) is 0 Å². The van der Waals surface area contributed by atoms with E-state index in [1.54, 1.807) is 7.11 Å². The fourth-order valence-corrected chi connectivity index (χ4v) is 1.05. The fourth-order valence-electron chi connectivity index (χ4n) is 1.05. The molecule has 2 heteroatoms. The Kier molecular flexibility index (Phi) is 3.77. The third-order valence-electron chi connectivity index (χ3n) is 1.85. The van der Waals surface area contributed by atoms with E-state index in [1.165, 1.54) is 11.1 Å². The van der Waals surface area contributed by atoms with E-state index in [-0.39, 0.29) is 0 Å². The first-order valence-electron chi connectivity index (χ1n) is 4.20. The highest BCUT2D eigenvalue weighted by Gasteiger charge is 1.91. The van der Waals surface area contributed by atoms with Crippen LogP contribution in [0.5, 0.6) is 0 Å².